The van der Waals surface area contributed by atoms with E-state index in [4.69, 9.17) is 0 Å². The van der Waals surface area contributed by atoms with Crippen LogP contribution in [0, 0.1) is 0 Å². The summed E-state index contributed by atoms with van der Waals surface area (Å²) in [6, 6.07) is 16.1. The lowest BCUT2D eigenvalue weighted by Gasteiger charge is -2.06. The Hall–Kier alpha value is -2.84. The minimum absolute atomic E-state index is 0.0391. The Morgan fingerprint density at radius 2 is 1.97 bits per heavy atom. The van der Waals surface area contributed by atoms with Gasteiger partial charge in [0.1, 0.15) is 17.7 Å². The van der Waals surface area contributed by atoms with E-state index >= 15 is 0 Å². The van der Waals surface area contributed by atoms with Crippen LogP contribution in [-0.2, 0) is 24.3 Å². The van der Waals surface area contributed by atoms with Crippen molar-refractivity contribution in [3.8, 4) is 10.6 Å². The maximum Gasteiger partial charge on any atom is 0.226 e. The molecule has 146 valence electrons. The standard InChI is InChI=1S/C21H18BrN5OS/c22-18-3-1-2-17(8-18)21-26-19(12-29-21)9-20(28)24-10-15-4-6-16(7-5-15)11-27-14-23-13-25-27/h1-8,12-14H,9-11H2,(H,24,28). The van der Waals surface area contributed by atoms with Gasteiger partial charge in [0, 0.05) is 22.0 Å². The third kappa shape index (κ3) is 5.36. The molecule has 8 heteroatoms. The number of carbonyl (C=O) groups is 1. The lowest BCUT2D eigenvalue weighted by Crippen LogP contribution is -2.24. The van der Waals surface area contributed by atoms with Gasteiger partial charge in [0.15, 0.2) is 0 Å². The van der Waals surface area contributed by atoms with Gasteiger partial charge in [-0.2, -0.15) is 5.10 Å². The third-order valence-electron chi connectivity index (χ3n) is 4.29. The van der Waals surface area contributed by atoms with Crippen molar-refractivity contribution in [1.82, 2.24) is 25.1 Å². The van der Waals surface area contributed by atoms with Gasteiger partial charge in [0.25, 0.3) is 0 Å². The van der Waals surface area contributed by atoms with Gasteiger partial charge in [0.05, 0.1) is 18.7 Å². The predicted octanol–water partition coefficient (Wildman–Crippen LogP) is 4.07. The number of amides is 1. The van der Waals surface area contributed by atoms with E-state index in [-0.39, 0.29) is 12.3 Å². The lowest BCUT2D eigenvalue weighted by molar-refractivity contribution is -0.120. The summed E-state index contributed by atoms with van der Waals surface area (Å²) in [4.78, 5) is 20.8. The van der Waals surface area contributed by atoms with Crippen molar-refractivity contribution in [2.45, 2.75) is 19.5 Å². The molecule has 2 heterocycles. The number of halogens is 1. The largest absolute Gasteiger partial charge is 0.352 e. The van der Waals surface area contributed by atoms with E-state index in [1.54, 1.807) is 22.3 Å². The molecule has 0 aliphatic carbocycles. The molecule has 4 aromatic rings. The molecular formula is C21H18BrN5OS. The van der Waals surface area contributed by atoms with E-state index < -0.39 is 0 Å². The van der Waals surface area contributed by atoms with Gasteiger partial charge in [-0.05, 0) is 23.3 Å². The second-order valence-electron chi connectivity index (χ2n) is 6.52. The Labute approximate surface area is 180 Å². The average molecular weight is 468 g/mol. The molecule has 6 nitrogen and oxygen atoms in total. The second kappa shape index (κ2) is 9.11. The number of nitrogens with zero attached hydrogens (tertiary/aromatic N) is 4. The number of aromatic nitrogens is 4. The molecule has 0 spiro atoms. The van der Waals surface area contributed by atoms with Crippen molar-refractivity contribution in [2.24, 2.45) is 0 Å². The molecule has 0 aliphatic heterocycles. The minimum Gasteiger partial charge on any atom is -0.352 e. The Balaban J connectivity index is 1.29. The van der Waals surface area contributed by atoms with Crippen molar-refractivity contribution in [3.05, 3.63) is 87.9 Å². The zero-order valence-corrected chi connectivity index (χ0v) is 17.9. The number of carbonyl (C=O) groups excluding carboxylic acids is 1. The molecule has 0 radical (unpaired) electrons. The molecule has 29 heavy (non-hydrogen) atoms. The number of rotatable bonds is 7. The van der Waals surface area contributed by atoms with Gasteiger partial charge >= 0.3 is 0 Å². The summed E-state index contributed by atoms with van der Waals surface area (Å²) < 4.78 is 2.78. The smallest absolute Gasteiger partial charge is 0.226 e. The van der Waals surface area contributed by atoms with Crippen LogP contribution in [0.5, 0.6) is 0 Å². The first-order chi connectivity index (χ1) is 14.2. The summed E-state index contributed by atoms with van der Waals surface area (Å²) in [6.45, 7) is 1.17. The lowest BCUT2D eigenvalue weighted by atomic mass is 10.1. The fourth-order valence-electron chi connectivity index (χ4n) is 2.83. The van der Waals surface area contributed by atoms with Crippen LogP contribution < -0.4 is 5.32 Å². The Bertz CT molecular complexity index is 1090. The molecule has 0 fully saturated rings. The monoisotopic (exact) mass is 467 g/mol. The van der Waals surface area contributed by atoms with Crippen LogP contribution in [0.1, 0.15) is 16.8 Å². The van der Waals surface area contributed by atoms with Crippen molar-refractivity contribution in [1.29, 1.82) is 0 Å². The summed E-state index contributed by atoms with van der Waals surface area (Å²) in [5.74, 6) is -0.0391. The van der Waals surface area contributed by atoms with Crippen LogP contribution >= 0.6 is 27.3 Å². The van der Waals surface area contributed by atoms with E-state index in [0.717, 1.165) is 31.9 Å². The van der Waals surface area contributed by atoms with E-state index in [1.165, 1.54) is 6.33 Å². The third-order valence-corrected chi connectivity index (χ3v) is 5.72. The maximum absolute atomic E-state index is 12.3. The number of nitrogens with one attached hydrogen (secondary N) is 1. The highest BCUT2D eigenvalue weighted by Crippen LogP contribution is 2.26. The van der Waals surface area contributed by atoms with Crippen LogP contribution in [0.3, 0.4) is 0 Å². The Morgan fingerprint density at radius 1 is 1.14 bits per heavy atom. The van der Waals surface area contributed by atoms with Crippen molar-refractivity contribution >= 4 is 33.2 Å². The van der Waals surface area contributed by atoms with Crippen molar-refractivity contribution in [2.75, 3.05) is 0 Å². The van der Waals surface area contributed by atoms with Crippen LogP contribution in [0.4, 0.5) is 0 Å². The topological polar surface area (TPSA) is 72.7 Å². The van der Waals surface area contributed by atoms with Gasteiger partial charge in [0.2, 0.25) is 5.91 Å². The molecule has 4 rings (SSSR count). The quantitative estimate of drug-likeness (QED) is 0.444. The van der Waals surface area contributed by atoms with Crippen LogP contribution in [0.2, 0.25) is 0 Å². The predicted molar refractivity (Wildman–Crippen MR) is 116 cm³/mol. The number of hydrogen-bond acceptors (Lipinski definition) is 5. The molecule has 0 saturated carbocycles. The summed E-state index contributed by atoms with van der Waals surface area (Å²) in [7, 11) is 0. The molecule has 0 unspecified atom stereocenters. The number of thiazole rings is 1. The van der Waals surface area contributed by atoms with Gasteiger partial charge in [-0.1, -0.05) is 52.3 Å². The van der Waals surface area contributed by atoms with Gasteiger partial charge in [-0.15, -0.1) is 11.3 Å². The second-order valence-corrected chi connectivity index (χ2v) is 8.29. The molecule has 0 aliphatic rings. The number of hydrogen-bond donors (Lipinski definition) is 1. The Morgan fingerprint density at radius 3 is 2.72 bits per heavy atom. The van der Waals surface area contributed by atoms with Crippen molar-refractivity contribution in [3.63, 3.8) is 0 Å². The molecule has 0 saturated heterocycles. The highest BCUT2D eigenvalue weighted by atomic mass is 79.9. The first-order valence-corrected chi connectivity index (χ1v) is 10.7. The molecule has 0 bridgehead atoms. The molecule has 0 atom stereocenters. The fourth-order valence-corrected chi connectivity index (χ4v) is 4.05. The van der Waals surface area contributed by atoms with Gasteiger partial charge in [-0.25, -0.2) is 14.6 Å². The minimum atomic E-state index is -0.0391. The van der Waals surface area contributed by atoms with E-state index in [1.807, 2.05) is 53.9 Å². The van der Waals surface area contributed by atoms with Gasteiger partial charge in [-0.3, -0.25) is 4.79 Å². The van der Waals surface area contributed by atoms with E-state index in [9.17, 15) is 4.79 Å². The summed E-state index contributed by atoms with van der Waals surface area (Å²) in [6.07, 6.45) is 3.48. The zero-order valence-electron chi connectivity index (χ0n) is 15.5. The highest BCUT2D eigenvalue weighted by molar-refractivity contribution is 9.10. The molecular weight excluding hydrogens is 450 g/mol. The fraction of sp³-hybridized carbons (Fsp3) is 0.143. The van der Waals surface area contributed by atoms with Crippen molar-refractivity contribution < 1.29 is 4.79 Å². The van der Waals surface area contributed by atoms with Crippen LogP contribution in [-0.4, -0.2) is 25.7 Å². The SMILES string of the molecule is O=C(Cc1csc(-c2cccc(Br)c2)n1)NCc1ccc(Cn2cncn2)cc1. The normalized spacial score (nSPS) is 10.8. The van der Waals surface area contributed by atoms with E-state index in [0.29, 0.717) is 13.1 Å². The first-order valence-electron chi connectivity index (χ1n) is 9.03. The summed E-state index contributed by atoms with van der Waals surface area (Å²) in [5.41, 5.74) is 4.01. The van der Waals surface area contributed by atoms with E-state index in [2.05, 4.69) is 36.3 Å². The number of benzene rings is 2. The Kier molecular flexibility index (Phi) is 6.12. The maximum atomic E-state index is 12.3. The summed E-state index contributed by atoms with van der Waals surface area (Å²) >= 11 is 5.02. The first kappa shape index (κ1) is 19.5. The molecule has 1 amide bonds. The zero-order chi connectivity index (χ0) is 20.1. The van der Waals surface area contributed by atoms with Crippen LogP contribution in [0.15, 0.2) is 71.0 Å². The van der Waals surface area contributed by atoms with Crippen LogP contribution in [0.25, 0.3) is 10.6 Å². The summed E-state index contributed by atoms with van der Waals surface area (Å²) in [5, 5.41) is 9.91. The molecule has 2 aromatic carbocycles. The highest BCUT2D eigenvalue weighted by Gasteiger charge is 2.09. The van der Waals surface area contributed by atoms with Gasteiger partial charge < -0.3 is 5.32 Å². The molecule has 1 N–H and O–H groups in total. The average Bonchev–Trinajstić information content (AvgIpc) is 3.40. The molecule has 2 aromatic heterocycles.